The fraction of sp³-hybridized carbons (Fsp3) is 0.207. The first-order valence-corrected chi connectivity index (χ1v) is 13.0. The monoisotopic (exact) mass is 585 g/mol. The molecule has 4 rings (SSSR count). The van der Waals surface area contributed by atoms with Gasteiger partial charge >= 0.3 is 6.18 Å². The molecule has 206 valence electrons. The van der Waals surface area contributed by atoms with E-state index in [9.17, 15) is 18.0 Å². The lowest BCUT2D eigenvalue weighted by Gasteiger charge is -2.22. The molecule has 4 N–H and O–H groups in total. The lowest BCUT2D eigenvalue weighted by atomic mass is 9.97. The minimum absolute atomic E-state index is 0.214. The molecular formula is C29H24Cl2F3N5O. The third-order valence-electron chi connectivity index (χ3n) is 6.17. The number of hydrogen-bond acceptors (Lipinski definition) is 5. The van der Waals surface area contributed by atoms with Crippen molar-refractivity contribution in [3.8, 4) is 6.07 Å². The molecule has 11 heteroatoms. The van der Waals surface area contributed by atoms with Gasteiger partial charge in [-0.3, -0.25) is 10.2 Å². The highest BCUT2D eigenvalue weighted by atomic mass is 35.5. The molecular weight excluding hydrogens is 562 g/mol. The molecule has 3 aromatic rings. The van der Waals surface area contributed by atoms with Gasteiger partial charge < -0.3 is 16.0 Å². The standard InChI is InChI=1S/C29H24Cl2F3N5O/c30-20-9-10-23(24(31)13-20)27(37-16-17-7-8-17)19-4-2-6-22(12-19)39-28(40)25(14-26(36)29(32,33)34)38-21-5-1-3-18(11-21)15-35/h1-6,9-14,17,27,36-38H,7-8,16H2,(H,39,40)/b25-14-,36-26?. The number of allylic oxidation sites excluding steroid dienone is 1. The fourth-order valence-electron chi connectivity index (χ4n) is 3.95. The van der Waals surface area contributed by atoms with Crippen LogP contribution in [-0.4, -0.2) is 24.3 Å². The lowest BCUT2D eigenvalue weighted by Crippen LogP contribution is -2.26. The second kappa shape index (κ2) is 12.6. The molecule has 0 heterocycles. The molecule has 1 fully saturated rings. The Morgan fingerprint density at radius 1 is 1.05 bits per heavy atom. The molecule has 6 nitrogen and oxygen atoms in total. The summed E-state index contributed by atoms with van der Waals surface area (Å²) in [7, 11) is 0. The van der Waals surface area contributed by atoms with Crippen molar-refractivity contribution in [3.05, 3.63) is 105 Å². The van der Waals surface area contributed by atoms with E-state index in [0.717, 1.165) is 30.5 Å². The van der Waals surface area contributed by atoms with Gasteiger partial charge in [0.15, 0.2) is 0 Å². The van der Waals surface area contributed by atoms with Crippen molar-refractivity contribution in [2.45, 2.75) is 25.1 Å². The molecule has 0 aromatic heterocycles. The maximum absolute atomic E-state index is 13.2. The van der Waals surface area contributed by atoms with Crippen LogP contribution in [0.25, 0.3) is 0 Å². The van der Waals surface area contributed by atoms with Gasteiger partial charge in [0, 0.05) is 21.4 Å². The summed E-state index contributed by atoms with van der Waals surface area (Å²) in [6.45, 7) is 0.762. The summed E-state index contributed by atoms with van der Waals surface area (Å²) < 4.78 is 39.5. The average Bonchev–Trinajstić information content (AvgIpc) is 3.74. The van der Waals surface area contributed by atoms with Crippen LogP contribution in [0.3, 0.4) is 0 Å². The van der Waals surface area contributed by atoms with E-state index in [1.807, 2.05) is 18.2 Å². The second-order valence-corrected chi connectivity index (χ2v) is 10.2. The molecule has 1 atom stereocenters. The van der Waals surface area contributed by atoms with Crippen LogP contribution in [0.1, 0.15) is 35.6 Å². The number of rotatable bonds is 10. The van der Waals surface area contributed by atoms with Crippen LogP contribution in [0, 0.1) is 22.7 Å². The van der Waals surface area contributed by atoms with E-state index in [2.05, 4.69) is 16.0 Å². The Hall–Kier alpha value is -3.84. The molecule has 1 aliphatic rings. The molecule has 0 spiro atoms. The zero-order valence-corrected chi connectivity index (χ0v) is 22.5. The van der Waals surface area contributed by atoms with Gasteiger partial charge in [0.2, 0.25) is 0 Å². The number of carbonyl (C=O) groups excluding carboxylic acids is 1. The van der Waals surface area contributed by atoms with Crippen LogP contribution in [0.4, 0.5) is 24.5 Å². The third kappa shape index (κ3) is 7.85. The summed E-state index contributed by atoms with van der Waals surface area (Å²) in [6, 6.07) is 19.6. The molecule has 0 saturated heterocycles. The van der Waals surface area contributed by atoms with Gasteiger partial charge in [0.05, 0.1) is 17.7 Å². The fourth-order valence-corrected chi connectivity index (χ4v) is 4.47. The molecule has 40 heavy (non-hydrogen) atoms. The first-order valence-electron chi connectivity index (χ1n) is 12.3. The Balaban J connectivity index is 1.62. The number of carbonyl (C=O) groups is 1. The topological polar surface area (TPSA) is 101 Å². The number of nitrogens with one attached hydrogen (secondary N) is 4. The first-order chi connectivity index (χ1) is 19.0. The predicted molar refractivity (Wildman–Crippen MR) is 151 cm³/mol. The van der Waals surface area contributed by atoms with Crippen LogP contribution in [0.2, 0.25) is 10.0 Å². The van der Waals surface area contributed by atoms with Gasteiger partial charge in [-0.2, -0.15) is 18.4 Å². The van der Waals surface area contributed by atoms with Crippen molar-refractivity contribution < 1.29 is 18.0 Å². The summed E-state index contributed by atoms with van der Waals surface area (Å²) >= 11 is 12.6. The van der Waals surface area contributed by atoms with Crippen LogP contribution in [0.5, 0.6) is 0 Å². The smallest absolute Gasteiger partial charge is 0.351 e. The zero-order chi connectivity index (χ0) is 28.9. The molecule has 1 saturated carbocycles. The summed E-state index contributed by atoms with van der Waals surface area (Å²) in [5, 5.41) is 26.2. The SMILES string of the molecule is N#Cc1cccc(N/C(=C\C(=N)C(F)(F)F)C(=O)Nc2cccc(C(NCC3CC3)c3ccc(Cl)cc3Cl)c2)c1. The molecule has 1 unspecified atom stereocenters. The van der Waals surface area contributed by atoms with Crippen molar-refractivity contribution >= 4 is 46.2 Å². The highest BCUT2D eigenvalue weighted by molar-refractivity contribution is 6.35. The highest BCUT2D eigenvalue weighted by Gasteiger charge is 2.33. The number of alkyl halides is 3. The minimum atomic E-state index is -4.96. The van der Waals surface area contributed by atoms with E-state index in [0.29, 0.717) is 27.7 Å². The maximum atomic E-state index is 13.2. The van der Waals surface area contributed by atoms with E-state index in [4.69, 9.17) is 33.9 Å². The van der Waals surface area contributed by atoms with E-state index in [1.54, 1.807) is 30.3 Å². The van der Waals surface area contributed by atoms with E-state index in [-0.39, 0.29) is 17.3 Å². The molecule has 1 amide bonds. The molecule has 0 bridgehead atoms. The Morgan fingerprint density at radius 2 is 1.75 bits per heavy atom. The molecule has 0 radical (unpaired) electrons. The van der Waals surface area contributed by atoms with Crippen LogP contribution < -0.4 is 16.0 Å². The van der Waals surface area contributed by atoms with Gasteiger partial charge in [-0.15, -0.1) is 0 Å². The largest absolute Gasteiger partial charge is 0.432 e. The number of hydrogen-bond donors (Lipinski definition) is 4. The van der Waals surface area contributed by atoms with Gasteiger partial charge in [0.25, 0.3) is 5.91 Å². The van der Waals surface area contributed by atoms with E-state index < -0.39 is 23.5 Å². The van der Waals surface area contributed by atoms with Gasteiger partial charge in [-0.25, -0.2) is 0 Å². The average molecular weight is 586 g/mol. The van der Waals surface area contributed by atoms with Crippen molar-refractivity contribution in [1.82, 2.24) is 5.32 Å². The summed E-state index contributed by atoms with van der Waals surface area (Å²) in [5.41, 5.74) is 0.103. The van der Waals surface area contributed by atoms with Crippen LogP contribution in [-0.2, 0) is 4.79 Å². The van der Waals surface area contributed by atoms with Crippen molar-refractivity contribution in [2.24, 2.45) is 5.92 Å². The Morgan fingerprint density at radius 3 is 2.40 bits per heavy atom. The van der Waals surface area contributed by atoms with Crippen molar-refractivity contribution in [2.75, 3.05) is 17.2 Å². The molecule has 1 aliphatic carbocycles. The highest BCUT2D eigenvalue weighted by Crippen LogP contribution is 2.34. The summed E-state index contributed by atoms with van der Waals surface area (Å²) in [4.78, 5) is 13.2. The minimum Gasteiger partial charge on any atom is -0.351 e. The van der Waals surface area contributed by atoms with Crippen molar-refractivity contribution in [1.29, 1.82) is 10.7 Å². The van der Waals surface area contributed by atoms with Gasteiger partial charge in [0.1, 0.15) is 11.4 Å². The molecule has 0 aliphatic heterocycles. The Kier molecular flexibility index (Phi) is 9.15. The number of amides is 1. The number of benzene rings is 3. The van der Waals surface area contributed by atoms with Crippen molar-refractivity contribution in [3.63, 3.8) is 0 Å². The van der Waals surface area contributed by atoms with Gasteiger partial charge in [-0.05, 0) is 85.0 Å². The zero-order valence-electron chi connectivity index (χ0n) is 20.9. The Bertz CT molecular complexity index is 1500. The summed E-state index contributed by atoms with van der Waals surface area (Å²) in [5.74, 6) is -0.334. The normalized spacial score (nSPS) is 14.2. The van der Waals surface area contributed by atoms with Crippen LogP contribution in [0.15, 0.2) is 78.5 Å². The molecule has 3 aromatic carbocycles. The first kappa shape index (κ1) is 29.2. The second-order valence-electron chi connectivity index (χ2n) is 9.32. The maximum Gasteiger partial charge on any atom is 0.432 e. The van der Waals surface area contributed by atoms with Crippen LogP contribution >= 0.6 is 23.2 Å². The predicted octanol–water partition coefficient (Wildman–Crippen LogP) is 7.47. The Labute approximate surface area is 239 Å². The quantitative estimate of drug-likeness (QED) is 0.146. The third-order valence-corrected chi connectivity index (χ3v) is 6.73. The number of nitrogens with zero attached hydrogens (tertiary/aromatic N) is 1. The lowest BCUT2D eigenvalue weighted by molar-refractivity contribution is -0.112. The van der Waals surface area contributed by atoms with Gasteiger partial charge in [-0.1, -0.05) is 47.5 Å². The van der Waals surface area contributed by atoms with E-state index in [1.165, 1.54) is 24.3 Å². The van der Waals surface area contributed by atoms with E-state index >= 15 is 0 Å². The number of nitriles is 1. The summed E-state index contributed by atoms with van der Waals surface area (Å²) in [6.07, 6.45) is -2.28. The number of halogens is 5. The number of anilines is 2.